The molecule has 1 unspecified atom stereocenters. The van der Waals surface area contributed by atoms with Crippen molar-refractivity contribution in [1.82, 2.24) is 5.32 Å². The summed E-state index contributed by atoms with van der Waals surface area (Å²) < 4.78 is 7.10. The quantitative estimate of drug-likeness (QED) is 0.700. The number of benzene rings is 2. The van der Waals surface area contributed by atoms with Crippen LogP contribution in [0, 0.1) is 3.57 Å². The van der Waals surface area contributed by atoms with Gasteiger partial charge in [0.1, 0.15) is 11.5 Å². The third kappa shape index (κ3) is 4.49. The van der Waals surface area contributed by atoms with Crippen LogP contribution in [-0.2, 0) is 0 Å². The molecule has 0 saturated heterocycles. The summed E-state index contributed by atoms with van der Waals surface area (Å²) in [4.78, 5) is 0. The van der Waals surface area contributed by atoms with Gasteiger partial charge in [-0.25, -0.2) is 0 Å². The van der Waals surface area contributed by atoms with Gasteiger partial charge in [0.05, 0.1) is 0 Å². The van der Waals surface area contributed by atoms with E-state index in [2.05, 4.69) is 60.0 Å². The van der Waals surface area contributed by atoms with Crippen molar-refractivity contribution in [3.63, 3.8) is 0 Å². The molecule has 0 bridgehead atoms. The summed E-state index contributed by atoms with van der Waals surface area (Å²) in [6.45, 7) is 5.39. The molecule has 0 aliphatic heterocycles. The van der Waals surface area contributed by atoms with Gasteiger partial charge in [-0.05, 0) is 78.4 Å². The van der Waals surface area contributed by atoms with Gasteiger partial charge in [-0.1, -0.05) is 25.1 Å². The molecule has 1 atom stereocenters. The van der Waals surface area contributed by atoms with Gasteiger partial charge < -0.3 is 10.1 Å². The summed E-state index contributed by atoms with van der Waals surface area (Å²) in [5.74, 6) is 1.76. The molecule has 3 heteroatoms. The fourth-order valence-corrected chi connectivity index (χ4v) is 2.51. The Kier molecular flexibility index (Phi) is 5.86. The van der Waals surface area contributed by atoms with E-state index in [1.54, 1.807) is 0 Å². The minimum Gasteiger partial charge on any atom is -0.457 e. The van der Waals surface area contributed by atoms with Crippen LogP contribution in [0.4, 0.5) is 0 Å². The lowest BCUT2D eigenvalue weighted by atomic mass is 10.1. The van der Waals surface area contributed by atoms with Crippen molar-refractivity contribution in [3.05, 3.63) is 57.7 Å². The summed E-state index contributed by atoms with van der Waals surface area (Å²) >= 11 is 2.29. The number of hydrogen-bond donors (Lipinski definition) is 1. The van der Waals surface area contributed by atoms with E-state index in [9.17, 15) is 0 Å². The van der Waals surface area contributed by atoms with Crippen LogP contribution < -0.4 is 10.1 Å². The van der Waals surface area contributed by atoms with Crippen LogP contribution in [0.25, 0.3) is 0 Å². The maximum atomic E-state index is 5.92. The molecule has 106 valence electrons. The Morgan fingerprint density at radius 2 is 1.80 bits per heavy atom. The second-order valence-corrected chi connectivity index (χ2v) is 6.05. The lowest BCUT2D eigenvalue weighted by Crippen LogP contribution is -2.19. The maximum absolute atomic E-state index is 5.92. The summed E-state index contributed by atoms with van der Waals surface area (Å²) in [6.07, 6.45) is 1.14. The van der Waals surface area contributed by atoms with Crippen LogP contribution in [0.5, 0.6) is 11.5 Å². The number of ether oxygens (including phenoxy) is 1. The van der Waals surface area contributed by atoms with E-state index in [0.29, 0.717) is 6.04 Å². The first-order valence-corrected chi connectivity index (χ1v) is 8.03. The molecule has 2 aromatic rings. The molecule has 20 heavy (non-hydrogen) atoms. The Balaban J connectivity index is 2.09. The third-order valence-corrected chi connectivity index (χ3v) is 3.76. The summed E-state index contributed by atoms with van der Waals surface area (Å²) in [5.41, 5.74) is 1.25. The zero-order valence-corrected chi connectivity index (χ0v) is 14.1. The van der Waals surface area contributed by atoms with E-state index in [-0.39, 0.29) is 0 Å². The van der Waals surface area contributed by atoms with Crippen molar-refractivity contribution in [2.45, 2.75) is 26.3 Å². The van der Waals surface area contributed by atoms with Crippen LogP contribution in [0.15, 0.2) is 48.5 Å². The van der Waals surface area contributed by atoms with Gasteiger partial charge in [0.15, 0.2) is 0 Å². The lowest BCUT2D eigenvalue weighted by Gasteiger charge is -2.15. The highest BCUT2D eigenvalue weighted by molar-refractivity contribution is 14.1. The highest BCUT2D eigenvalue weighted by Gasteiger charge is 2.06. The Bertz CT molecular complexity index is 556. The molecule has 2 aromatic carbocycles. The smallest absolute Gasteiger partial charge is 0.128 e. The van der Waals surface area contributed by atoms with Gasteiger partial charge in [-0.2, -0.15) is 0 Å². The van der Waals surface area contributed by atoms with E-state index in [1.165, 1.54) is 9.13 Å². The second kappa shape index (κ2) is 7.64. The highest BCUT2D eigenvalue weighted by Crippen LogP contribution is 2.25. The Morgan fingerprint density at radius 3 is 2.50 bits per heavy atom. The van der Waals surface area contributed by atoms with E-state index in [1.807, 2.05) is 30.3 Å². The average Bonchev–Trinajstić information content (AvgIpc) is 2.45. The molecule has 1 N–H and O–H groups in total. The van der Waals surface area contributed by atoms with Crippen molar-refractivity contribution in [2.75, 3.05) is 6.54 Å². The van der Waals surface area contributed by atoms with Crippen molar-refractivity contribution in [3.8, 4) is 11.5 Å². The zero-order valence-electron chi connectivity index (χ0n) is 11.9. The molecule has 2 nitrogen and oxygen atoms in total. The number of halogens is 1. The van der Waals surface area contributed by atoms with Gasteiger partial charge >= 0.3 is 0 Å². The van der Waals surface area contributed by atoms with Crippen LogP contribution >= 0.6 is 22.6 Å². The third-order valence-electron chi connectivity index (χ3n) is 3.09. The molecule has 0 saturated carbocycles. The molecule has 0 amide bonds. The number of hydrogen-bond acceptors (Lipinski definition) is 2. The van der Waals surface area contributed by atoms with E-state index in [0.717, 1.165) is 24.5 Å². The standard InChI is InChI=1S/C17H20INO/c1-3-10-19-13(2)14-6-4-8-16(11-14)20-17-9-5-7-15(18)12-17/h4-9,11-13,19H,3,10H2,1-2H3. The van der Waals surface area contributed by atoms with Crippen LogP contribution in [0.3, 0.4) is 0 Å². The van der Waals surface area contributed by atoms with Crippen LogP contribution in [0.2, 0.25) is 0 Å². The molecule has 0 fully saturated rings. The first-order valence-electron chi connectivity index (χ1n) is 6.96. The first kappa shape index (κ1) is 15.3. The molecule has 0 radical (unpaired) electrons. The van der Waals surface area contributed by atoms with Gasteiger partial charge in [-0.3, -0.25) is 0 Å². The SMILES string of the molecule is CCCNC(C)c1cccc(Oc2cccc(I)c2)c1. The van der Waals surface area contributed by atoms with Gasteiger partial charge in [-0.15, -0.1) is 0 Å². The summed E-state index contributed by atoms with van der Waals surface area (Å²) in [6, 6.07) is 16.7. The minimum atomic E-state index is 0.342. The number of rotatable bonds is 6. The normalized spacial score (nSPS) is 12.2. The predicted molar refractivity (Wildman–Crippen MR) is 92.4 cm³/mol. The Morgan fingerprint density at radius 1 is 1.10 bits per heavy atom. The monoisotopic (exact) mass is 381 g/mol. The van der Waals surface area contributed by atoms with E-state index >= 15 is 0 Å². The van der Waals surface area contributed by atoms with E-state index in [4.69, 9.17) is 4.74 Å². The maximum Gasteiger partial charge on any atom is 0.128 e. The van der Waals surface area contributed by atoms with Crippen molar-refractivity contribution >= 4 is 22.6 Å². The largest absolute Gasteiger partial charge is 0.457 e. The summed E-state index contributed by atoms with van der Waals surface area (Å²) in [5, 5.41) is 3.49. The van der Waals surface area contributed by atoms with Crippen molar-refractivity contribution in [2.24, 2.45) is 0 Å². The van der Waals surface area contributed by atoms with Gasteiger partial charge in [0.2, 0.25) is 0 Å². The van der Waals surface area contributed by atoms with Crippen molar-refractivity contribution < 1.29 is 4.74 Å². The van der Waals surface area contributed by atoms with Gasteiger partial charge in [0.25, 0.3) is 0 Å². The zero-order chi connectivity index (χ0) is 14.4. The topological polar surface area (TPSA) is 21.3 Å². The fourth-order valence-electron chi connectivity index (χ4n) is 1.99. The molecular weight excluding hydrogens is 361 g/mol. The fraction of sp³-hybridized carbons (Fsp3) is 0.294. The molecule has 0 heterocycles. The molecule has 0 aromatic heterocycles. The Hall–Kier alpha value is -1.07. The predicted octanol–water partition coefficient (Wildman–Crippen LogP) is 5.14. The summed E-state index contributed by atoms with van der Waals surface area (Å²) in [7, 11) is 0. The average molecular weight is 381 g/mol. The Labute approximate surface area is 134 Å². The molecule has 2 rings (SSSR count). The molecule has 0 spiro atoms. The van der Waals surface area contributed by atoms with Crippen molar-refractivity contribution in [1.29, 1.82) is 0 Å². The second-order valence-electron chi connectivity index (χ2n) is 4.81. The van der Waals surface area contributed by atoms with Crippen LogP contribution in [-0.4, -0.2) is 6.54 Å². The van der Waals surface area contributed by atoms with Gasteiger partial charge in [0, 0.05) is 9.61 Å². The van der Waals surface area contributed by atoms with Crippen LogP contribution in [0.1, 0.15) is 31.9 Å². The molecule has 0 aliphatic carbocycles. The highest BCUT2D eigenvalue weighted by atomic mass is 127. The minimum absolute atomic E-state index is 0.342. The lowest BCUT2D eigenvalue weighted by molar-refractivity contribution is 0.479. The van der Waals surface area contributed by atoms with E-state index < -0.39 is 0 Å². The molecular formula is C17H20INO. The number of nitrogens with one attached hydrogen (secondary N) is 1. The molecule has 0 aliphatic rings. The first-order chi connectivity index (χ1) is 9.69.